The number of Topliss-reactive ketones (excluding diaryl/α,β-unsaturated/α-hetero) is 1. The van der Waals surface area contributed by atoms with Crippen molar-refractivity contribution in [1.29, 1.82) is 0 Å². The molecule has 4 aliphatic carbocycles. The van der Waals surface area contributed by atoms with E-state index < -0.39 is 59.5 Å². The van der Waals surface area contributed by atoms with Crippen LogP contribution in [0.3, 0.4) is 0 Å². The number of allylic oxidation sites excluding steroid dienone is 4. The fourth-order valence-electron chi connectivity index (χ4n) is 12.9. The van der Waals surface area contributed by atoms with E-state index in [4.69, 9.17) is 19.9 Å². The topological polar surface area (TPSA) is 210 Å². The third-order valence-corrected chi connectivity index (χ3v) is 17.0. The molecule has 392 valence electrons. The number of aromatic hydroxyl groups is 1. The van der Waals surface area contributed by atoms with Crippen LogP contribution in [0.2, 0.25) is 0 Å². The monoisotopic (exact) mass is 985 g/mol. The van der Waals surface area contributed by atoms with Crippen molar-refractivity contribution >= 4 is 23.6 Å². The lowest BCUT2D eigenvalue weighted by atomic mass is 9.53. The van der Waals surface area contributed by atoms with Crippen LogP contribution < -0.4 is 16.4 Å². The zero-order valence-corrected chi connectivity index (χ0v) is 43.8. The predicted octanol–water partition coefficient (Wildman–Crippen LogP) is 8.01. The fourth-order valence-corrected chi connectivity index (χ4v) is 12.9. The molecule has 2 saturated carbocycles. The van der Waals surface area contributed by atoms with Crippen LogP contribution in [-0.2, 0) is 35.0 Å². The standard InChI is InChI=1S/C57H84N4O10/c1-35-30-44-50(47(63)34-46(52(44)65)60-54(66)36(2)16-15-17-48(69-7)53(71-55(58)67)38(4)32-37(3)51(64)49(31-35)70-8)59-27-12-14-29-61(6)28-13-10-9-11-24-57(68)26-23-45-43-20-18-39-33-40(62)19-21-41(39)42(43)22-25-56(45,57)5/h15-17,19,21,32-35,37,42-43,45,48-49,51,53,59,62,64,68H,9-14,18,20,22-31H2,1-8H3,(H2,58,67)(H,60,66)/b17-15-,36-16+,38-32+/t35-,37-,42?,43?,45?,48+,49-,51+,53+,56-,57-/m0/s1. The van der Waals surface area contributed by atoms with Gasteiger partial charge in [0.15, 0.2) is 6.10 Å². The van der Waals surface area contributed by atoms with Crippen LogP contribution in [0.15, 0.2) is 76.7 Å². The van der Waals surface area contributed by atoms with Crippen LogP contribution in [0, 0.1) is 29.1 Å². The number of nitrogens with one attached hydrogen (secondary N) is 2. The summed E-state index contributed by atoms with van der Waals surface area (Å²) in [6.45, 7) is 11.8. The third-order valence-electron chi connectivity index (χ3n) is 17.0. The number of aryl methyl sites for hydroxylation is 1. The fraction of sp³-hybridized carbons (Fsp3) is 0.649. The number of carbonyl (C=O) groups excluding carboxylic acids is 4. The third kappa shape index (κ3) is 13.3. The first-order valence-electron chi connectivity index (χ1n) is 26.4. The first kappa shape index (κ1) is 55.7. The number of nitrogens with two attached hydrogens (primary N) is 1. The van der Waals surface area contributed by atoms with Gasteiger partial charge in [-0.2, -0.15) is 0 Å². The van der Waals surface area contributed by atoms with Crippen LogP contribution in [0.5, 0.6) is 5.75 Å². The van der Waals surface area contributed by atoms with Gasteiger partial charge in [-0.25, -0.2) is 4.79 Å². The van der Waals surface area contributed by atoms with Gasteiger partial charge in [0.05, 0.1) is 29.2 Å². The van der Waals surface area contributed by atoms with Crippen molar-refractivity contribution in [1.82, 2.24) is 15.5 Å². The summed E-state index contributed by atoms with van der Waals surface area (Å²) >= 11 is 0. The van der Waals surface area contributed by atoms with Gasteiger partial charge in [-0.3, -0.25) is 14.4 Å². The molecule has 71 heavy (non-hydrogen) atoms. The molecule has 5 aliphatic rings. The minimum absolute atomic E-state index is 0.0346. The van der Waals surface area contributed by atoms with Crippen molar-refractivity contribution in [2.75, 3.05) is 40.9 Å². The van der Waals surface area contributed by atoms with Gasteiger partial charge in [0.1, 0.15) is 11.9 Å². The number of unbranched alkanes of at least 4 members (excludes halogenated alkanes) is 4. The number of amides is 2. The molecule has 0 saturated heterocycles. The Balaban J connectivity index is 0.993. The molecule has 2 fully saturated rings. The molecule has 6 rings (SSSR count). The Morgan fingerprint density at radius 1 is 0.986 bits per heavy atom. The number of primary amides is 1. The molecule has 1 heterocycles. The normalized spacial score (nSPS) is 33.7. The summed E-state index contributed by atoms with van der Waals surface area (Å²) in [6, 6.07) is 5.96. The zero-order chi connectivity index (χ0) is 51.6. The van der Waals surface area contributed by atoms with Crippen LogP contribution in [0.1, 0.15) is 142 Å². The molecule has 14 nitrogen and oxygen atoms in total. The summed E-state index contributed by atoms with van der Waals surface area (Å²) in [5.41, 5.74) is 8.77. The average Bonchev–Trinajstić information content (AvgIpc) is 3.60. The van der Waals surface area contributed by atoms with Gasteiger partial charge < -0.3 is 50.8 Å². The highest BCUT2D eigenvalue weighted by molar-refractivity contribution is 6.23. The number of fused-ring (bicyclic) bond motifs is 7. The van der Waals surface area contributed by atoms with Gasteiger partial charge in [0.2, 0.25) is 11.6 Å². The highest BCUT2D eigenvalue weighted by Gasteiger charge is 2.61. The molecule has 1 aliphatic heterocycles. The molecule has 1 aromatic carbocycles. The smallest absolute Gasteiger partial charge is 0.405 e. The van der Waals surface area contributed by atoms with Crippen LogP contribution >= 0.6 is 0 Å². The number of aliphatic hydroxyl groups excluding tert-OH is 1. The summed E-state index contributed by atoms with van der Waals surface area (Å²) in [5.74, 6) is -0.0207. The second kappa shape index (κ2) is 24.9. The molecule has 14 heteroatoms. The molecule has 3 unspecified atom stereocenters. The highest BCUT2D eigenvalue weighted by atomic mass is 16.6. The number of methoxy groups -OCH3 is 2. The predicted molar refractivity (Wildman–Crippen MR) is 275 cm³/mol. The Labute approximate surface area is 422 Å². The molecule has 11 atom stereocenters. The van der Waals surface area contributed by atoms with E-state index >= 15 is 0 Å². The molecular weight excluding hydrogens is 901 g/mol. The van der Waals surface area contributed by atoms with E-state index in [2.05, 4.69) is 35.6 Å². The molecule has 0 spiro atoms. The second-order valence-corrected chi connectivity index (χ2v) is 21.9. The molecule has 0 aromatic heterocycles. The number of nitrogens with zero attached hydrogens (tertiary/aromatic N) is 1. The molecule has 7 N–H and O–H groups in total. The minimum Gasteiger partial charge on any atom is -0.508 e. The SMILES string of the molecule is CO[C@H]1C[C@@H](C)CC2=C(NCCCCN(C)CCCCCC[C@]3(O)CCC4C5CCc6cc(O)ccc6C5CC[C@@]43C)C(=O)C=C(NC(=O)/C(C)=C/C=C\[C@@H](OC)[C@H](OC(N)=O)/C(C)=C/[C@H](C)[C@H]1O)C2=O. The first-order valence-corrected chi connectivity index (χ1v) is 26.4. The maximum atomic E-state index is 14.2. The maximum absolute atomic E-state index is 14.2. The summed E-state index contributed by atoms with van der Waals surface area (Å²) in [4.78, 5) is 55.6. The number of rotatable bonds is 16. The van der Waals surface area contributed by atoms with Gasteiger partial charge >= 0.3 is 6.09 Å². The quantitative estimate of drug-likeness (QED) is 0.0529. The molecule has 2 bridgehead atoms. The molecular formula is C57H84N4O10. The van der Waals surface area contributed by atoms with Gasteiger partial charge in [-0.1, -0.05) is 70.4 Å². The van der Waals surface area contributed by atoms with Crippen molar-refractivity contribution in [3.8, 4) is 5.75 Å². The van der Waals surface area contributed by atoms with E-state index in [0.717, 1.165) is 96.6 Å². The number of hydrogen-bond acceptors (Lipinski definition) is 12. The Morgan fingerprint density at radius 2 is 1.72 bits per heavy atom. The summed E-state index contributed by atoms with van der Waals surface area (Å²) < 4.78 is 16.9. The number of carbonyl (C=O) groups is 4. The summed E-state index contributed by atoms with van der Waals surface area (Å²) in [6.07, 6.45) is 17.1. The van der Waals surface area contributed by atoms with Crippen LogP contribution in [-0.4, -0.2) is 115 Å². The Bertz CT molecular complexity index is 2230. The van der Waals surface area contributed by atoms with E-state index in [9.17, 15) is 34.5 Å². The summed E-state index contributed by atoms with van der Waals surface area (Å²) in [5, 5.41) is 39.7. The van der Waals surface area contributed by atoms with Gasteiger partial charge in [-0.05, 0) is 169 Å². The van der Waals surface area contributed by atoms with E-state index in [1.54, 1.807) is 32.1 Å². The van der Waals surface area contributed by atoms with Gasteiger partial charge in [0.25, 0.3) is 5.91 Å². The second-order valence-electron chi connectivity index (χ2n) is 21.9. The van der Waals surface area contributed by atoms with E-state index in [1.165, 1.54) is 37.5 Å². The molecule has 2 amide bonds. The average molecular weight is 985 g/mol. The van der Waals surface area contributed by atoms with Crippen molar-refractivity contribution in [3.05, 3.63) is 87.8 Å². The number of benzene rings is 1. The lowest BCUT2D eigenvalue weighted by Crippen LogP contribution is -2.50. The number of phenolic OH excluding ortho intramolecular Hbond substituents is 1. The zero-order valence-electron chi connectivity index (χ0n) is 43.8. The first-order chi connectivity index (χ1) is 33.8. The van der Waals surface area contributed by atoms with Crippen LogP contribution in [0.4, 0.5) is 4.79 Å². The minimum atomic E-state index is -1.000. The molecule has 0 radical (unpaired) electrons. The van der Waals surface area contributed by atoms with E-state index in [0.29, 0.717) is 42.0 Å². The van der Waals surface area contributed by atoms with Gasteiger partial charge in [-0.15, -0.1) is 0 Å². The Hall–Kier alpha value is -4.60. The number of ketones is 2. The number of hydrogen-bond donors (Lipinski definition) is 6. The lowest BCUT2D eigenvalue weighted by molar-refractivity contribution is -0.120. The van der Waals surface area contributed by atoms with Crippen molar-refractivity contribution in [2.45, 2.75) is 167 Å². The van der Waals surface area contributed by atoms with Gasteiger partial charge in [0, 0.05) is 43.9 Å². The number of ether oxygens (including phenoxy) is 3. The van der Waals surface area contributed by atoms with Crippen molar-refractivity contribution in [3.63, 3.8) is 0 Å². The summed E-state index contributed by atoms with van der Waals surface area (Å²) in [7, 11) is 5.10. The van der Waals surface area contributed by atoms with Crippen molar-refractivity contribution in [2.24, 2.45) is 34.8 Å². The maximum Gasteiger partial charge on any atom is 0.405 e. The Morgan fingerprint density at radius 3 is 2.44 bits per heavy atom. The van der Waals surface area contributed by atoms with Crippen LogP contribution in [0.25, 0.3) is 0 Å². The van der Waals surface area contributed by atoms with E-state index in [-0.39, 0.29) is 40.3 Å². The number of aliphatic hydroxyl groups is 2. The number of phenols is 1. The van der Waals surface area contributed by atoms with Crippen molar-refractivity contribution < 1.29 is 48.7 Å². The largest absolute Gasteiger partial charge is 0.508 e. The Kier molecular flexibility index (Phi) is 19.5. The lowest BCUT2D eigenvalue weighted by Gasteiger charge is -2.53. The highest BCUT2D eigenvalue weighted by Crippen LogP contribution is 2.65. The molecule has 1 aromatic rings. The van der Waals surface area contributed by atoms with E-state index in [1.807, 2.05) is 26.0 Å².